The Kier molecular flexibility index (Phi) is 5.43. The molecule has 1 aliphatic heterocycles. The maximum Gasteiger partial charge on any atom is 0.227 e. The fraction of sp³-hybridized carbons (Fsp3) is 0.368. The molecule has 1 aromatic heterocycles. The van der Waals surface area contributed by atoms with E-state index in [2.05, 4.69) is 5.32 Å². The number of amides is 2. The topological polar surface area (TPSA) is 62.6 Å². The minimum absolute atomic E-state index is 0.0253. The van der Waals surface area contributed by atoms with Gasteiger partial charge >= 0.3 is 0 Å². The average molecular weight is 361 g/mol. The molecule has 1 saturated heterocycles. The third-order valence-electron chi connectivity index (χ3n) is 4.43. The molecule has 0 radical (unpaired) electrons. The van der Waals surface area contributed by atoms with Crippen LogP contribution in [0.2, 0.25) is 5.02 Å². The first-order valence-corrected chi connectivity index (χ1v) is 8.79. The highest BCUT2D eigenvalue weighted by Gasteiger charge is 2.35. The van der Waals surface area contributed by atoms with Crippen LogP contribution in [0.3, 0.4) is 0 Å². The van der Waals surface area contributed by atoms with Gasteiger partial charge in [-0.2, -0.15) is 0 Å². The number of aryl methyl sites for hydroxylation is 1. The van der Waals surface area contributed by atoms with Gasteiger partial charge in [-0.05, 0) is 49.7 Å². The first kappa shape index (κ1) is 17.5. The number of carbonyl (C=O) groups is 2. The molecule has 0 bridgehead atoms. The molecule has 2 atom stereocenters. The lowest BCUT2D eigenvalue weighted by atomic mass is 10.1. The van der Waals surface area contributed by atoms with Gasteiger partial charge in [0.1, 0.15) is 5.76 Å². The van der Waals surface area contributed by atoms with E-state index in [0.717, 1.165) is 24.3 Å². The van der Waals surface area contributed by atoms with E-state index >= 15 is 0 Å². The summed E-state index contributed by atoms with van der Waals surface area (Å²) in [7, 11) is 0. The summed E-state index contributed by atoms with van der Waals surface area (Å²) in [5.74, 6) is 0.475. The Morgan fingerprint density at radius 3 is 2.80 bits per heavy atom. The molecule has 132 valence electrons. The second kappa shape index (κ2) is 7.74. The first-order chi connectivity index (χ1) is 12.0. The molecular weight excluding hydrogens is 340 g/mol. The van der Waals surface area contributed by atoms with Crippen molar-refractivity contribution in [2.24, 2.45) is 5.92 Å². The van der Waals surface area contributed by atoms with Crippen LogP contribution in [0.4, 0.5) is 5.69 Å². The molecule has 2 amide bonds. The van der Waals surface area contributed by atoms with Crippen molar-refractivity contribution >= 4 is 29.1 Å². The third-order valence-corrected chi connectivity index (χ3v) is 4.68. The number of nitrogens with zero attached hydrogens (tertiary/aromatic N) is 1. The van der Waals surface area contributed by atoms with Crippen molar-refractivity contribution in [3.63, 3.8) is 0 Å². The van der Waals surface area contributed by atoms with Gasteiger partial charge in [-0.1, -0.05) is 11.6 Å². The lowest BCUT2D eigenvalue weighted by molar-refractivity contribution is -0.126. The van der Waals surface area contributed by atoms with Crippen LogP contribution in [-0.2, 0) is 16.0 Å². The average Bonchev–Trinajstić information content (AvgIpc) is 3.23. The molecule has 1 N–H and O–H groups in total. The Bertz CT molecular complexity index is 728. The predicted octanol–water partition coefficient (Wildman–Crippen LogP) is 3.42. The molecule has 1 aliphatic rings. The van der Waals surface area contributed by atoms with E-state index in [1.165, 1.54) is 0 Å². The van der Waals surface area contributed by atoms with Crippen molar-refractivity contribution < 1.29 is 14.0 Å². The van der Waals surface area contributed by atoms with Crippen molar-refractivity contribution in [3.8, 4) is 0 Å². The summed E-state index contributed by atoms with van der Waals surface area (Å²) in [5, 5.41) is 3.63. The zero-order chi connectivity index (χ0) is 17.8. The number of rotatable bonds is 6. The number of nitrogens with one attached hydrogen (secondary N) is 1. The van der Waals surface area contributed by atoms with E-state index in [1.807, 2.05) is 19.1 Å². The maximum absolute atomic E-state index is 12.5. The molecule has 2 unspecified atom stereocenters. The Labute approximate surface area is 151 Å². The predicted molar refractivity (Wildman–Crippen MR) is 96.5 cm³/mol. The van der Waals surface area contributed by atoms with Gasteiger partial charge in [-0.3, -0.25) is 9.59 Å². The largest absolute Gasteiger partial charge is 0.469 e. The van der Waals surface area contributed by atoms with Crippen LogP contribution in [0.5, 0.6) is 0 Å². The molecule has 0 saturated carbocycles. The fourth-order valence-electron chi connectivity index (χ4n) is 3.00. The lowest BCUT2D eigenvalue weighted by Crippen LogP contribution is -2.38. The molecule has 5 nitrogen and oxygen atoms in total. The number of hydrogen-bond donors (Lipinski definition) is 1. The van der Waals surface area contributed by atoms with Crippen LogP contribution >= 0.6 is 11.6 Å². The summed E-state index contributed by atoms with van der Waals surface area (Å²) < 4.78 is 5.30. The van der Waals surface area contributed by atoms with Crippen LogP contribution in [0, 0.1) is 5.92 Å². The number of benzene rings is 1. The highest BCUT2D eigenvalue weighted by Crippen LogP contribution is 2.26. The van der Waals surface area contributed by atoms with Crippen LogP contribution in [0.25, 0.3) is 0 Å². The standard InChI is InChI=1S/C19H21ClN2O3/c1-13(4-9-17-3-2-10-25-17)21-19(24)14-11-18(23)22(12-14)16-7-5-15(20)6-8-16/h2-3,5-8,10,13-14H,4,9,11-12H2,1H3,(H,21,24). The third kappa shape index (κ3) is 4.42. The van der Waals surface area contributed by atoms with Crippen molar-refractivity contribution in [3.05, 3.63) is 53.4 Å². The fourth-order valence-corrected chi connectivity index (χ4v) is 3.13. The van der Waals surface area contributed by atoms with E-state index < -0.39 is 0 Å². The second-order valence-corrected chi connectivity index (χ2v) is 6.85. The van der Waals surface area contributed by atoms with Gasteiger partial charge in [-0.15, -0.1) is 0 Å². The normalized spacial score (nSPS) is 18.4. The van der Waals surface area contributed by atoms with Gasteiger partial charge in [-0.25, -0.2) is 0 Å². The molecule has 0 spiro atoms. The van der Waals surface area contributed by atoms with Crippen molar-refractivity contribution in [2.45, 2.75) is 32.2 Å². The van der Waals surface area contributed by atoms with Gasteiger partial charge in [0, 0.05) is 36.1 Å². The Balaban J connectivity index is 1.52. The van der Waals surface area contributed by atoms with E-state index in [4.69, 9.17) is 16.0 Å². The van der Waals surface area contributed by atoms with Crippen LogP contribution in [-0.4, -0.2) is 24.4 Å². The number of carbonyl (C=O) groups excluding carboxylic acids is 2. The summed E-state index contributed by atoms with van der Waals surface area (Å²) in [5.41, 5.74) is 0.774. The van der Waals surface area contributed by atoms with Crippen molar-refractivity contribution in [1.82, 2.24) is 5.32 Å². The quantitative estimate of drug-likeness (QED) is 0.858. The van der Waals surface area contributed by atoms with Crippen LogP contribution in [0.15, 0.2) is 47.1 Å². The zero-order valence-corrected chi connectivity index (χ0v) is 14.8. The molecule has 3 rings (SSSR count). The molecule has 6 heteroatoms. The van der Waals surface area contributed by atoms with Gasteiger partial charge in [0.15, 0.2) is 0 Å². The molecule has 25 heavy (non-hydrogen) atoms. The highest BCUT2D eigenvalue weighted by atomic mass is 35.5. The Morgan fingerprint density at radius 1 is 1.36 bits per heavy atom. The molecule has 2 aromatic rings. The SMILES string of the molecule is CC(CCc1ccco1)NC(=O)C1CC(=O)N(c2ccc(Cl)cc2)C1. The molecule has 2 heterocycles. The van der Waals surface area contributed by atoms with E-state index in [0.29, 0.717) is 11.6 Å². The van der Waals surface area contributed by atoms with E-state index in [1.54, 1.807) is 35.4 Å². The van der Waals surface area contributed by atoms with Crippen LogP contribution < -0.4 is 10.2 Å². The van der Waals surface area contributed by atoms with Gasteiger partial charge in [0.05, 0.1) is 12.2 Å². The zero-order valence-electron chi connectivity index (χ0n) is 14.1. The Hall–Kier alpha value is -2.27. The first-order valence-electron chi connectivity index (χ1n) is 8.41. The minimum atomic E-state index is -0.325. The summed E-state index contributed by atoms with van der Waals surface area (Å²) >= 11 is 5.88. The van der Waals surface area contributed by atoms with Gasteiger partial charge in [0.25, 0.3) is 0 Å². The second-order valence-electron chi connectivity index (χ2n) is 6.41. The van der Waals surface area contributed by atoms with Crippen molar-refractivity contribution in [2.75, 3.05) is 11.4 Å². The Morgan fingerprint density at radius 2 is 2.12 bits per heavy atom. The van der Waals surface area contributed by atoms with Crippen LogP contribution in [0.1, 0.15) is 25.5 Å². The number of anilines is 1. The number of furan rings is 1. The van der Waals surface area contributed by atoms with E-state index in [-0.39, 0.29) is 30.2 Å². The summed E-state index contributed by atoms with van der Waals surface area (Å²) in [6.07, 6.45) is 3.45. The summed E-state index contributed by atoms with van der Waals surface area (Å²) in [4.78, 5) is 26.3. The molecule has 1 fully saturated rings. The molecule has 1 aromatic carbocycles. The lowest BCUT2D eigenvalue weighted by Gasteiger charge is -2.18. The minimum Gasteiger partial charge on any atom is -0.469 e. The maximum atomic E-state index is 12.5. The summed E-state index contributed by atoms with van der Waals surface area (Å²) in [6, 6.07) is 10.9. The van der Waals surface area contributed by atoms with E-state index in [9.17, 15) is 9.59 Å². The molecule has 0 aliphatic carbocycles. The smallest absolute Gasteiger partial charge is 0.227 e. The number of hydrogen-bond acceptors (Lipinski definition) is 3. The highest BCUT2D eigenvalue weighted by molar-refractivity contribution is 6.30. The summed E-state index contributed by atoms with van der Waals surface area (Å²) in [6.45, 7) is 2.37. The molecular formula is C19H21ClN2O3. The number of halogens is 1. The monoisotopic (exact) mass is 360 g/mol. The van der Waals surface area contributed by atoms with Crippen molar-refractivity contribution in [1.29, 1.82) is 0 Å². The van der Waals surface area contributed by atoms with Gasteiger partial charge < -0.3 is 14.6 Å². The van der Waals surface area contributed by atoms with Gasteiger partial charge in [0.2, 0.25) is 11.8 Å².